The van der Waals surface area contributed by atoms with Crippen LogP contribution in [0.4, 0.5) is 0 Å². The third-order valence-electron chi connectivity index (χ3n) is 4.81. The van der Waals surface area contributed by atoms with Crippen molar-refractivity contribution in [3.05, 3.63) is 70.4 Å². The first kappa shape index (κ1) is 15.4. The van der Waals surface area contributed by atoms with Crippen molar-refractivity contribution >= 4 is 28.3 Å². The summed E-state index contributed by atoms with van der Waals surface area (Å²) >= 11 is 6.21. The third-order valence-corrected chi connectivity index (χ3v) is 5.04. The Labute approximate surface area is 146 Å². The van der Waals surface area contributed by atoms with E-state index < -0.39 is 0 Å². The molecule has 0 radical (unpaired) electrons. The first-order chi connectivity index (χ1) is 11.6. The monoisotopic (exact) mass is 338 g/mol. The SMILES string of the molecule is CN1CCc2c(n(CC(=O)c3ccccc3)c3ccc(Cl)cc23)C1. The van der Waals surface area contributed by atoms with Gasteiger partial charge >= 0.3 is 0 Å². The highest BCUT2D eigenvalue weighted by molar-refractivity contribution is 6.31. The molecule has 0 amide bonds. The fourth-order valence-corrected chi connectivity index (χ4v) is 3.76. The van der Waals surface area contributed by atoms with Crippen molar-refractivity contribution in [1.82, 2.24) is 9.47 Å². The minimum absolute atomic E-state index is 0.137. The van der Waals surface area contributed by atoms with Crippen LogP contribution in [0, 0.1) is 0 Å². The number of aromatic nitrogens is 1. The van der Waals surface area contributed by atoms with Gasteiger partial charge in [0.25, 0.3) is 0 Å². The van der Waals surface area contributed by atoms with Gasteiger partial charge in [-0.05, 0) is 37.2 Å². The van der Waals surface area contributed by atoms with Crippen molar-refractivity contribution < 1.29 is 4.79 Å². The van der Waals surface area contributed by atoms with E-state index >= 15 is 0 Å². The molecule has 24 heavy (non-hydrogen) atoms. The van der Waals surface area contributed by atoms with Gasteiger partial charge in [-0.2, -0.15) is 0 Å². The van der Waals surface area contributed by atoms with Crippen LogP contribution in [0.2, 0.25) is 5.02 Å². The van der Waals surface area contributed by atoms with E-state index in [4.69, 9.17) is 11.6 Å². The highest BCUT2D eigenvalue weighted by Gasteiger charge is 2.23. The molecule has 0 spiro atoms. The molecular formula is C20H19ClN2O. The number of Topliss-reactive ketones (excluding diaryl/α,β-unsaturated/α-hetero) is 1. The van der Waals surface area contributed by atoms with Gasteiger partial charge in [0.2, 0.25) is 0 Å². The Kier molecular flexibility index (Phi) is 3.91. The van der Waals surface area contributed by atoms with Crippen LogP contribution in [0.25, 0.3) is 10.9 Å². The summed E-state index contributed by atoms with van der Waals surface area (Å²) in [6.07, 6.45) is 0.995. The average molecular weight is 339 g/mol. The molecule has 2 aromatic carbocycles. The second kappa shape index (κ2) is 6.08. The standard InChI is InChI=1S/C20H19ClN2O/c1-22-10-9-16-17-11-15(21)7-8-18(17)23(19(16)12-22)13-20(24)14-5-3-2-4-6-14/h2-8,11H,9-10,12-13H2,1H3. The molecule has 0 bridgehead atoms. The van der Waals surface area contributed by atoms with Crippen LogP contribution in [-0.2, 0) is 19.5 Å². The molecule has 4 heteroatoms. The number of ketones is 1. The van der Waals surface area contributed by atoms with E-state index in [9.17, 15) is 4.79 Å². The van der Waals surface area contributed by atoms with Crippen LogP contribution in [0.5, 0.6) is 0 Å². The Morgan fingerprint density at radius 2 is 1.96 bits per heavy atom. The van der Waals surface area contributed by atoms with Gasteiger partial charge in [-0.15, -0.1) is 0 Å². The fourth-order valence-electron chi connectivity index (χ4n) is 3.59. The number of benzene rings is 2. The predicted octanol–water partition coefficient (Wildman–Crippen LogP) is 4.17. The highest BCUT2D eigenvalue weighted by atomic mass is 35.5. The van der Waals surface area contributed by atoms with Gasteiger partial charge in [-0.25, -0.2) is 0 Å². The van der Waals surface area contributed by atoms with Crippen LogP contribution in [0.3, 0.4) is 0 Å². The summed E-state index contributed by atoms with van der Waals surface area (Å²) < 4.78 is 2.17. The van der Waals surface area contributed by atoms with E-state index in [1.54, 1.807) is 0 Å². The maximum absolute atomic E-state index is 12.7. The Bertz CT molecular complexity index is 914. The van der Waals surface area contributed by atoms with E-state index in [1.165, 1.54) is 16.6 Å². The molecule has 0 aliphatic carbocycles. The minimum atomic E-state index is 0.137. The van der Waals surface area contributed by atoms with E-state index in [2.05, 4.69) is 16.5 Å². The normalized spacial score (nSPS) is 14.8. The van der Waals surface area contributed by atoms with Crippen LogP contribution in [0.15, 0.2) is 48.5 Å². The quantitative estimate of drug-likeness (QED) is 0.670. The molecule has 1 aliphatic rings. The number of fused-ring (bicyclic) bond motifs is 3. The summed E-state index contributed by atoms with van der Waals surface area (Å²) in [6.45, 7) is 2.26. The predicted molar refractivity (Wildman–Crippen MR) is 97.8 cm³/mol. The zero-order valence-electron chi connectivity index (χ0n) is 13.6. The minimum Gasteiger partial charge on any atom is -0.335 e. The van der Waals surface area contributed by atoms with Crippen LogP contribution in [0.1, 0.15) is 21.6 Å². The zero-order valence-corrected chi connectivity index (χ0v) is 14.4. The van der Waals surface area contributed by atoms with Gasteiger partial charge in [0.05, 0.1) is 6.54 Å². The second-order valence-electron chi connectivity index (χ2n) is 6.45. The number of halogens is 1. The van der Waals surface area contributed by atoms with Gasteiger partial charge in [0.15, 0.2) is 5.78 Å². The number of hydrogen-bond donors (Lipinski definition) is 0. The smallest absolute Gasteiger partial charge is 0.182 e. The molecule has 4 rings (SSSR count). The number of hydrogen-bond acceptors (Lipinski definition) is 2. The molecule has 0 saturated heterocycles. The number of nitrogens with zero attached hydrogens (tertiary/aromatic N) is 2. The Morgan fingerprint density at radius 3 is 2.75 bits per heavy atom. The third kappa shape index (κ3) is 2.64. The number of likely N-dealkylation sites (N-methyl/N-ethyl adjacent to an activating group) is 1. The van der Waals surface area contributed by atoms with Crippen LogP contribution >= 0.6 is 11.6 Å². The van der Waals surface area contributed by atoms with E-state index in [0.717, 1.165) is 35.6 Å². The molecule has 3 nitrogen and oxygen atoms in total. The van der Waals surface area contributed by atoms with Gasteiger partial charge in [-0.3, -0.25) is 4.79 Å². The molecule has 0 unspecified atom stereocenters. The molecule has 2 heterocycles. The van der Waals surface area contributed by atoms with Crippen LogP contribution in [-0.4, -0.2) is 28.8 Å². The zero-order chi connectivity index (χ0) is 16.7. The lowest BCUT2D eigenvalue weighted by Crippen LogP contribution is -2.28. The van der Waals surface area contributed by atoms with Crippen molar-refractivity contribution in [3.63, 3.8) is 0 Å². The van der Waals surface area contributed by atoms with Crippen molar-refractivity contribution in [2.45, 2.75) is 19.5 Å². The summed E-state index contributed by atoms with van der Waals surface area (Å²) in [5.41, 5.74) is 4.44. The number of carbonyl (C=O) groups excluding carboxylic acids is 1. The average Bonchev–Trinajstić information content (AvgIpc) is 2.88. The maximum atomic E-state index is 12.7. The van der Waals surface area contributed by atoms with E-state index in [1.807, 2.05) is 48.5 Å². The Hall–Kier alpha value is -2.10. The van der Waals surface area contributed by atoms with Gasteiger partial charge in [0.1, 0.15) is 0 Å². The Balaban J connectivity index is 1.82. The van der Waals surface area contributed by atoms with Gasteiger partial charge in [-0.1, -0.05) is 41.9 Å². The van der Waals surface area contributed by atoms with Gasteiger partial charge < -0.3 is 9.47 Å². The maximum Gasteiger partial charge on any atom is 0.182 e. The summed E-state index contributed by atoms with van der Waals surface area (Å²) in [4.78, 5) is 15.0. The molecule has 3 aromatic rings. The lowest BCUT2D eigenvalue weighted by Gasteiger charge is -2.24. The van der Waals surface area contributed by atoms with Crippen molar-refractivity contribution in [2.75, 3.05) is 13.6 Å². The highest BCUT2D eigenvalue weighted by Crippen LogP contribution is 2.32. The topological polar surface area (TPSA) is 25.2 Å². The molecule has 0 fully saturated rings. The first-order valence-corrected chi connectivity index (χ1v) is 8.57. The molecule has 1 aliphatic heterocycles. The van der Waals surface area contributed by atoms with E-state index in [-0.39, 0.29) is 5.78 Å². The first-order valence-electron chi connectivity index (χ1n) is 8.20. The lowest BCUT2D eigenvalue weighted by atomic mass is 10.0. The summed E-state index contributed by atoms with van der Waals surface area (Å²) in [6, 6.07) is 15.5. The van der Waals surface area contributed by atoms with Crippen molar-refractivity contribution in [2.24, 2.45) is 0 Å². The number of carbonyl (C=O) groups is 1. The molecular weight excluding hydrogens is 320 g/mol. The summed E-state index contributed by atoms with van der Waals surface area (Å²) in [5, 5.41) is 1.93. The fraction of sp³-hybridized carbons (Fsp3) is 0.250. The van der Waals surface area contributed by atoms with Crippen molar-refractivity contribution in [3.8, 4) is 0 Å². The molecule has 1 aromatic heterocycles. The van der Waals surface area contributed by atoms with Crippen molar-refractivity contribution in [1.29, 1.82) is 0 Å². The number of rotatable bonds is 3. The molecule has 0 atom stereocenters. The lowest BCUT2D eigenvalue weighted by molar-refractivity contribution is 0.0971. The van der Waals surface area contributed by atoms with Crippen LogP contribution < -0.4 is 0 Å². The Morgan fingerprint density at radius 1 is 1.17 bits per heavy atom. The summed E-state index contributed by atoms with van der Waals surface area (Å²) in [7, 11) is 2.12. The largest absolute Gasteiger partial charge is 0.335 e. The molecule has 0 saturated carbocycles. The summed E-state index contributed by atoms with van der Waals surface area (Å²) in [5.74, 6) is 0.137. The second-order valence-corrected chi connectivity index (χ2v) is 6.89. The van der Waals surface area contributed by atoms with Gasteiger partial charge in [0, 0.05) is 40.3 Å². The molecule has 0 N–H and O–H groups in total. The molecule has 122 valence electrons. The van der Waals surface area contributed by atoms with E-state index in [0.29, 0.717) is 6.54 Å².